The van der Waals surface area contributed by atoms with E-state index in [9.17, 15) is 21.6 Å². The molecule has 0 saturated heterocycles. The molecule has 0 aliphatic heterocycles. The zero-order valence-electron chi connectivity index (χ0n) is 17.8. The summed E-state index contributed by atoms with van der Waals surface area (Å²) in [7, 11) is -8.19. The van der Waals surface area contributed by atoms with Crippen LogP contribution in [0.5, 0.6) is 5.75 Å². The fraction of sp³-hybridized carbons (Fsp3) is 0.174. The van der Waals surface area contributed by atoms with Gasteiger partial charge in [0.05, 0.1) is 10.6 Å². The Morgan fingerprint density at radius 1 is 0.941 bits per heavy atom. The Balaban J connectivity index is 1.59. The average Bonchev–Trinajstić information content (AvgIpc) is 2.77. The maximum Gasteiger partial charge on any atom is 0.266 e. The van der Waals surface area contributed by atoms with Crippen LogP contribution in [0, 0.1) is 0 Å². The van der Waals surface area contributed by atoms with Crippen molar-refractivity contribution in [2.75, 3.05) is 18.1 Å². The van der Waals surface area contributed by atoms with Crippen LogP contribution in [0.15, 0.2) is 77.7 Å². The summed E-state index contributed by atoms with van der Waals surface area (Å²) in [5, 5.41) is 2.79. The van der Waals surface area contributed by atoms with Crippen molar-refractivity contribution in [3.63, 3.8) is 0 Å². The number of ether oxygens (including phenoxy) is 1. The van der Waals surface area contributed by atoms with E-state index in [-0.39, 0.29) is 11.5 Å². The third kappa shape index (κ3) is 7.56. The molecule has 0 saturated carbocycles. The molecule has 3 aromatic carbocycles. The van der Waals surface area contributed by atoms with Crippen LogP contribution in [-0.4, -0.2) is 45.3 Å². The molecule has 180 valence electrons. The number of benzene rings is 3. The van der Waals surface area contributed by atoms with Gasteiger partial charge in [-0.3, -0.25) is 9.35 Å². The summed E-state index contributed by atoms with van der Waals surface area (Å²) >= 11 is 6.27. The zero-order chi connectivity index (χ0) is 24.8. The van der Waals surface area contributed by atoms with Crippen LogP contribution in [0.2, 0.25) is 5.02 Å². The van der Waals surface area contributed by atoms with Crippen LogP contribution in [0.3, 0.4) is 0 Å². The molecule has 3 rings (SSSR count). The Hall–Kier alpha value is -2.92. The topological polar surface area (TPSA) is 127 Å². The number of hydrogen-bond donors (Lipinski definition) is 2. The highest BCUT2D eigenvalue weighted by Crippen LogP contribution is 2.28. The van der Waals surface area contributed by atoms with Crippen LogP contribution >= 0.6 is 11.6 Å². The van der Waals surface area contributed by atoms with E-state index in [4.69, 9.17) is 20.9 Å². The first kappa shape index (κ1) is 25.7. The van der Waals surface area contributed by atoms with E-state index >= 15 is 0 Å². The number of carbonyl (C=O) groups excluding carboxylic acids is 1. The molecule has 0 radical (unpaired) electrons. The first-order valence-corrected chi connectivity index (χ1v) is 13.7. The van der Waals surface area contributed by atoms with Gasteiger partial charge >= 0.3 is 0 Å². The van der Waals surface area contributed by atoms with Crippen LogP contribution in [0.25, 0.3) is 11.1 Å². The van der Waals surface area contributed by atoms with E-state index in [0.29, 0.717) is 10.8 Å². The summed E-state index contributed by atoms with van der Waals surface area (Å²) in [6.45, 7) is -0.141. The van der Waals surface area contributed by atoms with Gasteiger partial charge in [0.15, 0.2) is 9.84 Å². The summed E-state index contributed by atoms with van der Waals surface area (Å²) in [5.74, 6) is -1.98. The molecule has 0 aromatic heterocycles. The van der Waals surface area contributed by atoms with E-state index in [1.54, 1.807) is 0 Å². The Morgan fingerprint density at radius 2 is 1.65 bits per heavy atom. The lowest BCUT2D eigenvalue weighted by Crippen LogP contribution is -2.33. The monoisotopic (exact) mass is 523 g/mol. The number of rotatable bonds is 10. The van der Waals surface area contributed by atoms with Crippen molar-refractivity contribution < 1.29 is 30.9 Å². The van der Waals surface area contributed by atoms with Crippen molar-refractivity contribution in [1.82, 2.24) is 5.32 Å². The molecule has 2 N–H and O–H groups in total. The molecule has 0 unspecified atom stereocenters. The third-order valence-corrected chi connectivity index (χ3v) is 7.39. The molecule has 1 amide bonds. The van der Waals surface area contributed by atoms with E-state index < -0.39 is 43.9 Å². The van der Waals surface area contributed by atoms with Crippen molar-refractivity contribution in [2.24, 2.45) is 0 Å². The van der Waals surface area contributed by atoms with E-state index in [1.807, 2.05) is 48.5 Å². The number of halogens is 1. The van der Waals surface area contributed by atoms with Gasteiger partial charge in [-0.2, -0.15) is 8.42 Å². The molecule has 0 aliphatic rings. The quantitative estimate of drug-likeness (QED) is 0.390. The Labute approximate surface area is 203 Å². The van der Waals surface area contributed by atoms with Gasteiger partial charge in [-0.05, 0) is 47.5 Å². The van der Waals surface area contributed by atoms with Gasteiger partial charge in [0.1, 0.15) is 18.1 Å². The predicted octanol–water partition coefficient (Wildman–Crippen LogP) is 3.36. The molecular weight excluding hydrogens is 502 g/mol. The maximum absolute atomic E-state index is 12.4. The van der Waals surface area contributed by atoms with Gasteiger partial charge in [-0.15, -0.1) is 0 Å². The van der Waals surface area contributed by atoms with Crippen molar-refractivity contribution in [3.8, 4) is 16.9 Å². The van der Waals surface area contributed by atoms with E-state index in [0.717, 1.165) is 16.7 Å². The highest BCUT2D eigenvalue weighted by Gasteiger charge is 2.19. The molecule has 0 fully saturated rings. The molecule has 8 nitrogen and oxygen atoms in total. The first-order valence-electron chi connectivity index (χ1n) is 10.0. The second kappa shape index (κ2) is 11.0. The molecule has 0 heterocycles. The average molecular weight is 524 g/mol. The molecule has 0 bridgehead atoms. The SMILES string of the molecule is O=C(CS(=O)(=O)c1ccc(OCc2cccc(-c3ccccc3Cl)c2)cc1)NCCS(=O)(=O)O. The van der Waals surface area contributed by atoms with Crippen LogP contribution in [0.4, 0.5) is 0 Å². The van der Waals surface area contributed by atoms with Crippen LogP contribution in [-0.2, 0) is 31.4 Å². The van der Waals surface area contributed by atoms with Gasteiger partial charge in [-0.1, -0.05) is 48.0 Å². The fourth-order valence-electron chi connectivity index (χ4n) is 3.06. The normalized spacial score (nSPS) is 11.7. The standard InChI is InChI=1S/C23H22ClNO7S2/c24-22-7-2-1-6-21(22)18-5-3-4-17(14-18)15-32-19-8-10-20(11-9-19)33(27,28)16-23(26)25-12-13-34(29,30)31/h1-11,14H,12-13,15-16H2,(H,25,26)(H,29,30,31). The minimum Gasteiger partial charge on any atom is -0.489 e. The Bertz CT molecular complexity index is 1370. The predicted molar refractivity (Wildman–Crippen MR) is 129 cm³/mol. The van der Waals surface area contributed by atoms with Gasteiger partial charge in [-0.25, -0.2) is 8.42 Å². The zero-order valence-corrected chi connectivity index (χ0v) is 20.2. The van der Waals surface area contributed by atoms with Gasteiger partial charge in [0.25, 0.3) is 10.1 Å². The molecule has 0 atom stereocenters. The van der Waals surface area contributed by atoms with Gasteiger partial charge in [0, 0.05) is 17.1 Å². The minimum absolute atomic E-state index is 0.0782. The minimum atomic E-state index is -4.25. The summed E-state index contributed by atoms with van der Waals surface area (Å²) in [5.41, 5.74) is 2.75. The number of sulfone groups is 1. The third-order valence-electron chi connectivity index (χ3n) is 4.70. The fourth-order valence-corrected chi connectivity index (χ4v) is 4.83. The summed E-state index contributed by atoms with van der Waals surface area (Å²) in [4.78, 5) is 11.7. The Kier molecular flexibility index (Phi) is 8.32. The summed E-state index contributed by atoms with van der Waals surface area (Å²) < 4.78 is 60.5. The lowest BCUT2D eigenvalue weighted by molar-refractivity contribution is -0.118. The van der Waals surface area contributed by atoms with Crippen molar-refractivity contribution >= 4 is 37.5 Å². The second-order valence-corrected chi connectivity index (χ2v) is 11.3. The number of nitrogens with one attached hydrogen (secondary N) is 1. The summed E-state index contributed by atoms with van der Waals surface area (Å²) in [6, 6.07) is 20.9. The van der Waals surface area contributed by atoms with E-state index in [2.05, 4.69) is 5.32 Å². The largest absolute Gasteiger partial charge is 0.489 e. The molecule has 11 heteroatoms. The van der Waals surface area contributed by atoms with Crippen LogP contribution in [0.1, 0.15) is 5.56 Å². The van der Waals surface area contributed by atoms with Crippen molar-refractivity contribution in [3.05, 3.63) is 83.4 Å². The highest BCUT2D eigenvalue weighted by atomic mass is 35.5. The van der Waals surface area contributed by atoms with Crippen molar-refractivity contribution in [1.29, 1.82) is 0 Å². The molecule has 0 aliphatic carbocycles. The van der Waals surface area contributed by atoms with E-state index in [1.165, 1.54) is 24.3 Å². The smallest absolute Gasteiger partial charge is 0.266 e. The van der Waals surface area contributed by atoms with Crippen molar-refractivity contribution in [2.45, 2.75) is 11.5 Å². The lowest BCUT2D eigenvalue weighted by atomic mass is 10.0. The second-order valence-electron chi connectivity index (χ2n) is 7.34. The van der Waals surface area contributed by atoms with Crippen LogP contribution < -0.4 is 10.1 Å². The first-order chi connectivity index (χ1) is 16.0. The molecular formula is C23H22ClNO7S2. The molecule has 0 spiro atoms. The number of carbonyl (C=O) groups is 1. The lowest BCUT2D eigenvalue weighted by Gasteiger charge is -2.10. The van der Waals surface area contributed by atoms with Gasteiger partial charge < -0.3 is 10.1 Å². The number of hydrogen-bond acceptors (Lipinski definition) is 6. The molecule has 34 heavy (non-hydrogen) atoms. The Morgan fingerprint density at radius 3 is 2.32 bits per heavy atom. The number of amides is 1. The highest BCUT2D eigenvalue weighted by molar-refractivity contribution is 7.92. The summed E-state index contributed by atoms with van der Waals surface area (Å²) in [6.07, 6.45) is 0. The maximum atomic E-state index is 12.4. The van der Waals surface area contributed by atoms with Gasteiger partial charge in [0.2, 0.25) is 5.91 Å². The molecule has 3 aromatic rings.